The molecule has 0 saturated heterocycles. The first kappa shape index (κ1) is 13.6. The summed E-state index contributed by atoms with van der Waals surface area (Å²) in [5, 5.41) is 3.39. The highest BCUT2D eigenvalue weighted by atomic mass is 16.5. The number of hydrogen-bond donors (Lipinski definition) is 1. The molecule has 0 spiro atoms. The first-order chi connectivity index (χ1) is 9.34. The third-order valence-electron chi connectivity index (χ3n) is 2.87. The highest BCUT2D eigenvalue weighted by molar-refractivity contribution is 5.26. The standard InChI is InChI=1S/C16H20N2O/c1-14-3-5-16(6-4-14)19-12-2-9-18-13-15-7-10-17-11-8-15/h3-8,10-11,18H,2,9,12-13H2,1H3. The summed E-state index contributed by atoms with van der Waals surface area (Å²) in [4.78, 5) is 4.00. The molecule has 0 unspecified atom stereocenters. The van der Waals surface area contributed by atoms with Crippen molar-refractivity contribution in [3.63, 3.8) is 0 Å². The van der Waals surface area contributed by atoms with Gasteiger partial charge in [-0.1, -0.05) is 17.7 Å². The molecule has 0 fully saturated rings. The molecule has 3 nitrogen and oxygen atoms in total. The second kappa shape index (κ2) is 7.54. The molecular weight excluding hydrogens is 236 g/mol. The van der Waals surface area contributed by atoms with Crippen molar-refractivity contribution < 1.29 is 4.74 Å². The van der Waals surface area contributed by atoms with Crippen LogP contribution in [-0.4, -0.2) is 18.1 Å². The zero-order valence-corrected chi connectivity index (χ0v) is 11.3. The summed E-state index contributed by atoms with van der Waals surface area (Å²) >= 11 is 0. The minimum Gasteiger partial charge on any atom is -0.494 e. The quantitative estimate of drug-likeness (QED) is 0.773. The molecular formula is C16H20N2O. The molecule has 19 heavy (non-hydrogen) atoms. The Balaban J connectivity index is 1.56. The van der Waals surface area contributed by atoms with E-state index < -0.39 is 0 Å². The van der Waals surface area contributed by atoms with Crippen LogP contribution in [0.25, 0.3) is 0 Å². The van der Waals surface area contributed by atoms with E-state index in [0.717, 1.165) is 31.9 Å². The third-order valence-corrected chi connectivity index (χ3v) is 2.87. The minimum absolute atomic E-state index is 0.742. The molecule has 0 aliphatic rings. The van der Waals surface area contributed by atoms with Crippen molar-refractivity contribution in [3.05, 3.63) is 59.9 Å². The molecule has 0 bridgehead atoms. The number of aromatic nitrogens is 1. The molecule has 100 valence electrons. The number of rotatable bonds is 7. The molecule has 3 heteroatoms. The maximum Gasteiger partial charge on any atom is 0.119 e. The summed E-state index contributed by atoms with van der Waals surface area (Å²) in [6, 6.07) is 12.2. The maximum absolute atomic E-state index is 5.66. The predicted octanol–water partition coefficient (Wildman–Crippen LogP) is 2.95. The van der Waals surface area contributed by atoms with Gasteiger partial charge in [0.25, 0.3) is 0 Å². The van der Waals surface area contributed by atoms with E-state index in [1.807, 2.05) is 36.7 Å². The Morgan fingerprint density at radius 1 is 1.05 bits per heavy atom. The number of benzene rings is 1. The SMILES string of the molecule is Cc1ccc(OCCCNCc2ccncc2)cc1. The summed E-state index contributed by atoms with van der Waals surface area (Å²) in [7, 11) is 0. The van der Waals surface area contributed by atoms with E-state index in [1.54, 1.807) is 0 Å². The molecule has 1 N–H and O–H groups in total. The zero-order valence-electron chi connectivity index (χ0n) is 11.3. The average Bonchev–Trinajstić information content (AvgIpc) is 2.46. The summed E-state index contributed by atoms with van der Waals surface area (Å²) in [6.07, 6.45) is 4.63. The Bertz CT molecular complexity index is 468. The fourth-order valence-corrected chi connectivity index (χ4v) is 1.76. The number of hydrogen-bond acceptors (Lipinski definition) is 3. The van der Waals surface area contributed by atoms with E-state index in [0.29, 0.717) is 0 Å². The monoisotopic (exact) mass is 256 g/mol. The Labute approximate surface area is 114 Å². The van der Waals surface area contributed by atoms with Gasteiger partial charge in [0.15, 0.2) is 0 Å². The second-order valence-electron chi connectivity index (χ2n) is 4.55. The molecule has 0 aliphatic heterocycles. The molecule has 1 aromatic heterocycles. The van der Waals surface area contributed by atoms with Crippen molar-refractivity contribution in [1.82, 2.24) is 10.3 Å². The van der Waals surface area contributed by atoms with Gasteiger partial charge < -0.3 is 10.1 Å². The Hall–Kier alpha value is -1.87. The lowest BCUT2D eigenvalue weighted by Crippen LogP contribution is -2.17. The summed E-state index contributed by atoms with van der Waals surface area (Å²) in [5.41, 5.74) is 2.51. The molecule has 1 aromatic carbocycles. The average molecular weight is 256 g/mol. The molecule has 0 amide bonds. The van der Waals surface area contributed by atoms with E-state index in [4.69, 9.17) is 4.74 Å². The second-order valence-corrected chi connectivity index (χ2v) is 4.55. The van der Waals surface area contributed by atoms with Crippen LogP contribution in [0.1, 0.15) is 17.5 Å². The first-order valence-corrected chi connectivity index (χ1v) is 6.64. The van der Waals surface area contributed by atoms with Gasteiger partial charge >= 0.3 is 0 Å². The van der Waals surface area contributed by atoms with E-state index >= 15 is 0 Å². The lowest BCUT2D eigenvalue weighted by atomic mass is 10.2. The van der Waals surface area contributed by atoms with E-state index in [2.05, 4.69) is 29.4 Å². The van der Waals surface area contributed by atoms with Crippen LogP contribution < -0.4 is 10.1 Å². The van der Waals surface area contributed by atoms with Gasteiger partial charge in [-0.3, -0.25) is 4.98 Å². The molecule has 0 atom stereocenters. The van der Waals surface area contributed by atoms with Crippen LogP contribution in [0.2, 0.25) is 0 Å². The number of aryl methyl sites for hydroxylation is 1. The highest BCUT2D eigenvalue weighted by Crippen LogP contribution is 2.11. The van der Waals surface area contributed by atoms with Crippen LogP contribution >= 0.6 is 0 Å². The maximum atomic E-state index is 5.66. The lowest BCUT2D eigenvalue weighted by molar-refractivity contribution is 0.308. The number of nitrogens with zero attached hydrogens (tertiary/aromatic N) is 1. The van der Waals surface area contributed by atoms with Gasteiger partial charge in [-0.15, -0.1) is 0 Å². The molecule has 2 aromatic rings. The van der Waals surface area contributed by atoms with Crippen LogP contribution in [0.4, 0.5) is 0 Å². The Kier molecular flexibility index (Phi) is 5.38. The molecule has 1 heterocycles. The highest BCUT2D eigenvalue weighted by Gasteiger charge is 1.94. The number of ether oxygens (including phenoxy) is 1. The predicted molar refractivity (Wildman–Crippen MR) is 77.2 cm³/mol. The third kappa shape index (κ3) is 5.10. The molecule has 0 saturated carbocycles. The van der Waals surface area contributed by atoms with Crippen molar-refractivity contribution in [2.75, 3.05) is 13.2 Å². The van der Waals surface area contributed by atoms with Crippen molar-refractivity contribution in [2.45, 2.75) is 19.9 Å². The smallest absolute Gasteiger partial charge is 0.119 e. The van der Waals surface area contributed by atoms with Gasteiger partial charge in [0.2, 0.25) is 0 Å². The van der Waals surface area contributed by atoms with E-state index in [9.17, 15) is 0 Å². The van der Waals surface area contributed by atoms with Crippen LogP contribution in [0, 0.1) is 6.92 Å². The topological polar surface area (TPSA) is 34.1 Å². The van der Waals surface area contributed by atoms with Crippen molar-refractivity contribution in [1.29, 1.82) is 0 Å². The molecule has 0 aliphatic carbocycles. The summed E-state index contributed by atoms with van der Waals surface area (Å²) in [5.74, 6) is 0.944. The largest absolute Gasteiger partial charge is 0.494 e. The van der Waals surface area contributed by atoms with Gasteiger partial charge in [-0.05, 0) is 49.7 Å². The van der Waals surface area contributed by atoms with Crippen LogP contribution in [0.5, 0.6) is 5.75 Å². The fraction of sp³-hybridized carbons (Fsp3) is 0.312. The Morgan fingerprint density at radius 2 is 1.79 bits per heavy atom. The summed E-state index contributed by atoms with van der Waals surface area (Å²) < 4.78 is 5.66. The molecule has 0 radical (unpaired) electrons. The van der Waals surface area contributed by atoms with E-state index in [1.165, 1.54) is 11.1 Å². The van der Waals surface area contributed by atoms with Crippen molar-refractivity contribution in [3.8, 4) is 5.75 Å². The van der Waals surface area contributed by atoms with Gasteiger partial charge in [-0.25, -0.2) is 0 Å². The normalized spacial score (nSPS) is 10.4. The lowest BCUT2D eigenvalue weighted by Gasteiger charge is -2.07. The number of nitrogens with one attached hydrogen (secondary N) is 1. The minimum atomic E-state index is 0.742. The van der Waals surface area contributed by atoms with Crippen LogP contribution in [-0.2, 0) is 6.54 Å². The van der Waals surface area contributed by atoms with Crippen LogP contribution in [0.3, 0.4) is 0 Å². The van der Waals surface area contributed by atoms with Gasteiger partial charge in [0.1, 0.15) is 5.75 Å². The van der Waals surface area contributed by atoms with Crippen molar-refractivity contribution in [2.24, 2.45) is 0 Å². The van der Waals surface area contributed by atoms with E-state index in [-0.39, 0.29) is 0 Å². The van der Waals surface area contributed by atoms with Crippen LogP contribution in [0.15, 0.2) is 48.8 Å². The van der Waals surface area contributed by atoms with Gasteiger partial charge in [0, 0.05) is 18.9 Å². The fourth-order valence-electron chi connectivity index (χ4n) is 1.76. The Morgan fingerprint density at radius 3 is 2.53 bits per heavy atom. The zero-order chi connectivity index (χ0) is 13.3. The summed E-state index contributed by atoms with van der Waals surface area (Å²) in [6.45, 7) is 4.65. The first-order valence-electron chi connectivity index (χ1n) is 6.64. The van der Waals surface area contributed by atoms with Gasteiger partial charge in [0.05, 0.1) is 6.61 Å². The molecule has 2 rings (SSSR count). The number of pyridine rings is 1. The van der Waals surface area contributed by atoms with Gasteiger partial charge in [-0.2, -0.15) is 0 Å². The van der Waals surface area contributed by atoms with Crippen molar-refractivity contribution >= 4 is 0 Å².